The van der Waals surface area contributed by atoms with Crippen molar-refractivity contribution in [3.63, 3.8) is 0 Å². The predicted octanol–water partition coefficient (Wildman–Crippen LogP) is 10.4. The number of carbonyl (C=O) groups is 1. The van der Waals surface area contributed by atoms with E-state index in [2.05, 4.69) is 58.1 Å². The van der Waals surface area contributed by atoms with Crippen molar-refractivity contribution in [2.45, 2.75) is 122 Å². The van der Waals surface area contributed by atoms with Crippen molar-refractivity contribution in [1.29, 1.82) is 0 Å². The predicted molar refractivity (Wildman–Crippen MR) is 183 cm³/mol. The summed E-state index contributed by atoms with van der Waals surface area (Å²) in [7, 11) is 1.64. The topological polar surface area (TPSA) is 44.8 Å². The van der Waals surface area contributed by atoms with Crippen molar-refractivity contribution >= 4 is 47.9 Å². The number of benzene rings is 1. The Kier molecular flexibility index (Phi) is 17.2. The molecule has 2 rings (SSSR count). The van der Waals surface area contributed by atoms with Gasteiger partial charge in [-0.05, 0) is 6.92 Å². The van der Waals surface area contributed by atoms with Crippen LogP contribution in [-0.2, 0) is 14.2 Å². The third-order valence-corrected chi connectivity index (χ3v) is 36.5. The summed E-state index contributed by atoms with van der Waals surface area (Å²) in [5.41, 5.74) is 4.92. The van der Waals surface area contributed by atoms with Crippen molar-refractivity contribution in [3.05, 3.63) is 45.7 Å². The summed E-state index contributed by atoms with van der Waals surface area (Å²) in [6.07, 6.45) is 11.7. The van der Waals surface area contributed by atoms with E-state index in [-0.39, 0.29) is 19.4 Å². The number of hydrogen-bond acceptors (Lipinski definition) is 6. The van der Waals surface area contributed by atoms with Gasteiger partial charge in [-0.2, -0.15) is 0 Å². The SMILES string of the molecule is CCC[CH2][Sn]([CH2]CCC)([CH2]CCC)[C]1(CC/C(C)=C(/COC(=O)c2c(C)cc(C)cc2C)OCOC)SCCCS1. The number of esters is 1. The molecule has 1 fully saturated rings. The number of allylic oxidation sites excluding steroid dienone is 1. The quantitative estimate of drug-likeness (QED) is 0.0616. The molecule has 1 aromatic rings. The van der Waals surface area contributed by atoms with E-state index in [1.807, 2.05) is 26.0 Å². The van der Waals surface area contributed by atoms with Gasteiger partial charge in [0.05, 0.1) is 0 Å². The number of carbonyl (C=O) groups excluding carboxylic acids is 1. The van der Waals surface area contributed by atoms with Gasteiger partial charge in [-0.15, -0.1) is 0 Å². The average molecular weight is 714 g/mol. The number of ether oxygens (including phenoxy) is 3. The molecule has 0 aliphatic carbocycles. The number of methoxy groups -OCH3 is 1. The van der Waals surface area contributed by atoms with Gasteiger partial charge < -0.3 is 0 Å². The maximum absolute atomic E-state index is 13.2. The van der Waals surface area contributed by atoms with Crippen molar-refractivity contribution < 1.29 is 19.0 Å². The molecule has 0 unspecified atom stereocenters. The summed E-state index contributed by atoms with van der Waals surface area (Å²) in [5, 5.41) is 0. The zero-order chi connectivity index (χ0) is 30.3. The molecule has 0 atom stereocenters. The van der Waals surface area contributed by atoms with Crippen LogP contribution in [0, 0.1) is 20.8 Å². The third kappa shape index (κ3) is 10.7. The Balaban J connectivity index is 2.34. The van der Waals surface area contributed by atoms with Gasteiger partial charge in [0.1, 0.15) is 0 Å². The Morgan fingerprint density at radius 2 is 1.44 bits per heavy atom. The van der Waals surface area contributed by atoms with Gasteiger partial charge in [-0.25, -0.2) is 0 Å². The Bertz CT molecular complexity index is 927. The Hall–Kier alpha value is -0.311. The first kappa shape index (κ1) is 36.9. The second kappa shape index (κ2) is 19.2. The summed E-state index contributed by atoms with van der Waals surface area (Å²) in [4.78, 5) is 13.2. The summed E-state index contributed by atoms with van der Waals surface area (Å²) >= 11 is 2.12. The number of rotatable bonds is 19. The van der Waals surface area contributed by atoms with Gasteiger partial charge in [0, 0.05) is 0 Å². The molecule has 0 bridgehead atoms. The number of unbranched alkanes of at least 4 members (excludes halogenated alkanes) is 3. The fourth-order valence-corrected chi connectivity index (χ4v) is 36.9. The van der Waals surface area contributed by atoms with E-state index >= 15 is 0 Å². The molecule has 1 heterocycles. The fourth-order valence-electron chi connectivity index (χ4n) is 6.40. The molecule has 0 N–H and O–H groups in total. The Labute approximate surface area is 264 Å². The molecule has 41 heavy (non-hydrogen) atoms. The Morgan fingerprint density at radius 3 is 1.93 bits per heavy atom. The molecular formula is C34H58O4S2Sn. The first-order valence-electron chi connectivity index (χ1n) is 16.0. The van der Waals surface area contributed by atoms with Crippen LogP contribution in [0.3, 0.4) is 0 Å². The van der Waals surface area contributed by atoms with E-state index in [1.54, 1.807) is 7.11 Å². The zero-order valence-electron chi connectivity index (χ0n) is 27.4. The van der Waals surface area contributed by atoms with E-state index in [9.17, 15) is 4.79 Å². The van der Waals surface area contributed by atoms with Crippen LogP contribution >= 0.6 is 23.5 Å². The molecule has 0 radical (unpaired) electrons. The van der Waals surface area contributed by atoms with Crippen LogP contribution in [0.1, 0.15) is 113 Å². The van der Waals surface area contributed by atoms with Gasteiger partial charge in [0.25, 0.3) is 0 Å². The molecule has 0 amide bonds. The van der Waals surface area contributed by atoms with E-state index in [1.165, 1.54) is 81.8 Å². The maximum atomic E-state index is 13.2. The van der Waals surface area contributed by atoms with E-state index < -0.39 is 18.4 Å². The molecule has 1 aliphatic rings. The minimum atomic E-state index is -2.57. The molecule has 0 aromatic heterocycles. The zero-order valence-corrected chi connectivity index (χ0v) is 31.9. The molecule has 1 aliphatic heterocycles. The van der Waals surface area contributed by atoms with Gasteiger partial charge >= 0.3 is 259 Å². The first-order valence-corrected chi connectivity index (χ1v) is 25.5. The van der Waals surface area contributed by atoms with Crippen LogP contribution in [0.25, 0.3) is 0 Å². The van der Waals surface area contributed by atoms with Crippen molar-refractivity contribution in [3.8, 4) is 0 Å². The second-order valence-electron chi connectivity index (χ2n) is 12.0. The standard InChI is InChI=1S/C22H31O4S2.3C4H9.Sn/c1-15-11-17(3)21(18(4)12-15)22(23)25-13-19(26-14-24-5)16(2)7-8-20-27-9-6-10-28-20;3*1-3-4-2;/h11-12H,6-10,13-14H2,1-5H3;3*1,3-4H2,2H3;/b19-16-;;;;. The molecule has 234 valence electrons. The van der Waals surface area contributed by atoms with Crippen molar-refractivity contribution in [2.24, 2.45) is 0 Å². The molecule has 0 saturated carbocycles. The molecule has 0 spiro atoms. The summed E-state index contributed by atoms with van der Waals surface area (Å²) in [6, 6.07) is 4.08. The molecular weight excluding hydrogens is 655 g/mol. The second-order valence-corrected chi connectivity index (χ2v) is 31.1. The fraction of sp³-hybridized carbons (Fsp3) is 0.735. The molecule has 7 heteroatoms. The number of thioether (sulfide) groups is 2. The van der Waals surface area contributed by atoms with Crippen LogP contribution < -0.4 is 0 Å². The van der Waals surface area contributed by atoms with Crippen molar-refractivity contribution in [1.82, 2.24) is 0 Å². The summed E-state index contributed by atoms with van der Waals surface area (Å²) < 4.78 is 22.2. The van der Waals surface area contributed by atoms with Gasteiger partial charge in [-0.1, -0.05) is 0 Å². The molecule has 1 saturated heterocycles. The van der Waals surface area contributed by atoms with Crippen LogP contribution in [-0.4, -0.2) is 58.5 Å². The van der Waals surface area contributed by atoms with Crippen LogP contribution in [0.4, 0.5) is 0 Å². The van der Waals surface area contributed by atoms with E-state index in [0.717, 1.165) is 28.9 Å². The van der Waals surface area contributed by atoms with Gasteiger partial charge in [-0.3, -0.25) is 0 Å². The molecule has 1 aromatic carbocycles. The first-order chi connectivity index (χ1) is 19.7. The Morgan fingerprint density at radius 1 is 0.902 bits per heavy atom. The average Bonchev–Trinajstić information content (AvgIpc) is 2.95. The van der Waals surface area contributed by atoms with E-state index in [4.69, 9.17) is 14.2 Å². The summed E-state index contributed by atoms with van der Waals surface area (Å²) in [6.45, 7) is 15.6. The van der Waals surface area contributed by atoms with Crippen LogP contribution in [0.2, 0.25) is 13.3 Å². The number of aryl methyl sites for hydroxylation is 3. The normalized spacial score (nSPS) is 15.9. The molecule has 4 nitrogen and oxygen atoms in total. The monoisotopic (exact) mass is 714 g/mol. The van der Waals surface area contributed by atoms with Crippen molar-refractivity contribution in [2.75, 3.05) is 32.0 Å². The van der Waals surface area contributed by atoms with Crippen LogP contribution in [0.15, 0.2) is 23.5 Å². The van der Waals surface area contributed by atoms with Gasteiger partial charge in [0.2, 0.25) is 0 Å². The summed E-state index contributed by atoms with van der Waals surface area (Å²) in [5.74, 6) is 3.08. The van der Waals surface area contributed by atoms with E-state index in [0.29, 0.717) is 7.66 Å². The minimum absolute atomic E-state index is 0.143. The van der Waals surface area contributed by atoms with Gasteiger partial charge in [0.15, 0.2) is 0 Å². The van der Waals surface area contributed by atoms with Crippen LogP contribution in [0.5, 0.6) is 0 Å². The third-order valence-electron chi connectivity index (χ3n) is 8.67. The number of hydrogen-bond donors (Lipinski definition) is 0.